The molecule has 0 saturated heterocycles. The molecular formula is C16H15BCl3O2P. The van der Waals surface area contributed by atoms with Gasteiger partial charge < -0.3 is 4.74 Å². The van der Waals surface area contributed by atoms with Crippen molar-refractivity contribution in [3.05, 3.63) is 63.1 Å². The zero-order chi connectivity index (χ0) is 17.4. The van der Waals surface area contributed by atoms with Crippen LogP contribution in [-0.2, 0) is 4.79 Å². The molecule has 2 nitrogen and oxygen atoms in total. The summed E-state index contributed by atoms with van der Waals surface area (Å²) in [5, 5.41) is 0.967. The fourth-order valence-corrected chi connectivity index (χ4v) is 2.25. The van der Waals surface area contributed by atoms with E-state index in [1.54, 1.807) is 42.5 Å². The van der Waals surface area contributed by atoms with Crippen molar-refractivity contribution in [2.24, 2.45) is 0 Å². The maximum atomic E-state index is 12.0. The molecule has 0 aromatic heterocycles. The van der Waals surface area contributed by atoms with Crippen molar-refractivity contribution in [2.75, 3.05) is 13.3 Å². The van der Waals surface area contributed by atoms with Gasteiger partial charge in [0.2, 0.25) is 0 Å². The van der Waals surface area contributed by atoms with Crippen LogP contribution in [0.2, 0.25) is 15.1 Å². The van der Waals surface area contributed by atoms with Crippen molar-refractivity contribution in [2.45, 2.75) is 5.82 Å². The smallest absolute Gasteiger partial charge is 0.309 e. The number of hydrogen-bond acceptors (Lipinski definition) is 2. The first-order chi connectivity index (χ1) is 10.9. The maximum absolute atomic E-state index is 12.0. The van der Waals surface area contributed by atoms with E-state index in [0.29, 0.717) is 10.6 Å². The lowest BCUT2D eigenvalue weighted by atomic mass is 9.81. The topological polar surface area (TPSA) is 26.3 Å². The van der Waals surface area contributed by atoms with Gasteiger partial charge in [0.25, 0.3) is 0 Å². The SMILES string of the molecule is CPC.[B]C(C(=O)Oc1c(Cl)cccc1Cl)c1cccc(Cl)c1. The van der Waals surface area contributed by atoms with Gasteiger partial charge in [-0.2, -0.15) is 0 Å². The lowest BCUT2D eigenvalue weighted by Gasteiger charge is -2.13. The van der Waals surface area contributed by atoms with E-state index in [9.17, 15) is 4.79 Å². The third kappa shape index (κ3) is 6.35. The molecule has 7 heteroatoms. The molecule has 0 heterocycles. The number of carbonyl (C=O) groups is 1. The minimum absolute atomic E-state index is 0.0957. The van der Waals surface area contributed by atoms with E-state index in [2.05, 4.69) is 13.3 Å². The second-order valence-electron chi connectivity index (χ2n) is 4.50. The summed E-state index contributed by atoms with van der Waals surface area (Å²) in [6.45, 7) is 4.31. The van der Waals surface area contributed by atoms with Crippen LogP contribution in [-0.4, -0.2) is 27.1 Å². The number of esters is 1. The summed E-state index contributed by atoms with van der Waals surface area (Å²) in [7, 11) is 6.92. The van der Waals surface area contributed by atoms with Crippen LogP contribution in [0.5, 0.6) is 5.75 Å². The van der Waals surface area contributed by atoms with E-state index in [1.807, 2.05) is 0 Å². The molecule has 2 aromatic rings. The maximum Gasteiger partial charge on any atom is 0.309 e. The zero-order valence-corrected chi connectivity index (χ0v) is 15.9. The fourth-order valence-electron chi connectivity index (χ4n) is 1.58. The number of carbonyl (C=O) groups excluding carboxylic acids is 1. The Labute approximate surface area is 154 Å². The molecule has 1 unspecified atom stereocenters. The first-order valence-corrected chi connectivity index (χ1v) is 9.79. The molecule has 0 spiro atoms. The predicted octanol–water partition coefficient (Wildman–Crippen LogP) is 5.39. The quantitative estimate of drug-likeness (QED) is 0.306. The second-order valence-corrected chi connectivity index (χ2v) is 6.76. The van der Waals surface area contributed by atoms with Crippen LogP contribution in [0.1, 0.15) is 11.4 Å². The van der Waals surface area contributed by atoms with Gasteiger partial charge in [0.1, 0.15) is 0 Å². The Hall–Kier alpha value is -0.725. The first-order valence-electron chi connectivity index (χ1n) is 6.66. The molecule has 1 atom stereocenters. The van der Waals surface area contributed by atoms with E-state index < -0.39 is 11.8 Å². The van der Waals surface area contributed by atoms with Gasteiger partial charge in [-0.25, -0.2) is 0 Å². The molecule has 2 radical (unpaired) electrons. The summed E-state index contributed by atoms with van der Waals surface area (Å²) >= 11 is 17.7. The molecule has 0 N–H and O–H groups in total. The van der Waals surface area contributed by atoms with Crippen molar-refractivity contribution in [1.82, 2.24) is 0 Å². The van der Waals surface area contributed by atoms with Crippen molar-refractivity contribution in [1.29, 1.82) is 0 Å². The van der Waals surface area contributed by atoms with Gasteiger partial charge in [-0.1, -0.05) is 53.0 Å². The Balaban J connectivity index is 0.000000816. The summed E-state index contributed by atoms with van der Waals surface area (Å²) in [6, 6.07) is 11.5. The molecule has 0 bridgehead atoms. The third-order valence-electron chi connectivity index (χ3n) is 2.58. The monoisotopic (exact) mass is 386 g/mol. The molecular weight excluding hydrogens is 372 g/mol. The number of para-hydroxylation sites is 1. The Kier molecular flexibility index (Phi) is 9.02. The normalized spacial score (nSPS) is 11.2. The molecule has 0 amide bonds. The molecule has 0 fully saturated rings. The van der Waals surface area contributed by atoms with Crippen LogP contribution in [0, 0.1) is 0 Å². The lowest BCUT2D eigenvalue weighted by Crippen LogP contribution is -2.19. The minimum Gasteiger partial charge on any atom is -0.423 e. The number of ether oxygens (including phenoxy) is 1. The zero-order valence-electron chi connectivity index (χ0n) is 12.6. The molecule has 0 aliphatic heterocycles. The average molecular weight is 387 g/mol. The number of rotatable bonds is 3. The van der Waals surface area contributed by atoms with E-state index in [1.165, 1.54) is 0 Å². The van der Waals surface area contributed by atoms with Gasteiger partial charge in [-0.3, -0.25) is 4.79 Å². The Morgan fingerprint density at radius 2 is 1.61 bits per heavy atom. The van der Waals surface area contributed by atoms with E-state index in [4.69, 9.17) is 47.4 Å². The number of halogens is 3. The van der Waals surface area contributed by atoms with E-state index >= 15 is 0 Å². The van der Waals surface area contributed by atoms with Gasteiger partial charge in [0.15, 0.2) is 5.75 Å². The van der Waals surface area contributed by atoms with Crippen LogP contribution in [0.15, 0.2) is 42.5 Å². The highest BCUT2D eigenvalue weighted by Gasteiger charge is 2.19. The Morgan fingerprint density at radius 1 is 1.09 bits per heavy atom. The molecule has 0 saturated carbocycles. The largest absolute Gasteiger partial charge is 0.423 e. The highest BCUT2D eigenvalue weighted by molar-refractivity contribution is 7.35. The van der Waals surface area contributed by atoms with Crippen LogP contribution in [0.3, 0.4) is 0 Å². The summed E-state index contributed by atoms with van der Waals surface area (Å²) in [5.41, 5.74) is 0.547. The third-order valence-corrected chi connectivity index (χ3v) is 3.41. The first kappa shape index (κ1) is 20.3. The molecule has 120 valence electrons. The molecule has 0 aliphatic rings. The summed E-state index contributed by atoms with van der Waals surface area (Å²) in [5.74, 6) is -1.54. The summed E-state index contributed by atoms with van der Waals surface area (Å²) in [4.78, 5) is 12.0. The second kappa shape index (κ2) is 10.2. The molecule has 0 aliphatic carbocycles. The van der Waals surface area contributed by atoms with E-state index in [0.717, 1.165) is 8.58 Å². The number of benzene rings is 2. The van der Waals surface area contributed by atoms with Gasteiger partial charge in [0, 0.05) is 10.8 Å². The summed E-state index contributed by atoms with van der Waals surface area (Å²) in [6.07, 6.45) is 0. The lowest BCUT2D eigenvalue weighted by molar-refractivity contribution is -0.134. The summed E-state index contributed by atoms with van der Waals surface area (Å²) < 4.78 is 5.16. The molecule has 23 heavy (non-hydrogen) atoms. The highest BCUT2D eigenvalue weighted by Crippen LogP contribution is 2.33. The molecule has 2 rings (SSSR count). The number of hydrogen-bond donors (Lipinski definition) is 0. The van der Waals surface area contributed by atoms with Crippen molar-refractivity contribution < 1.29 is 9.53 Å². The minimum atomic E-state index is -0.971. The Bertz CT molecular complexity index is 647. The van der Waals surface area contributed by atoms with Crippen LogP contribution >= 0.6 is 43.4 Å². The predicted molar refractivity (Wildman–Crippen MR) is 102 cm³/mol. The van der Waals surface area contributed by atoms with Crippen LogP contribution < -0.4 is 4.74 Å². The van der Waals surface area contributed by atoms with Crippen molar-refractivity contribution in [3.63, 3.8) is 0 Å². The van der Waals surface area contributed by atoms with Crippen molar-refractivity contribution in [3.8, 4) is 5.75 Å². The Morgan fingerprint density at radius 3 is 2.13 bits per heavy atom. The van der Waals surface area contributed by atoms with E-state index in [-0.39, 0.29) is 15.8 Å². The van der Waals surface area contributed by atoms with Gasteiger partial charge >= 0.3 is 5.97 Å². The van der Waals surface area contributed by atoms with Crippen molar-refractivity contribution >= 4 is 57.2 Å². The highest BCUT2D eigenvalue weighted by atomic mass is 35.5. The van der Waals surface area contributed by atoms with Crippen LogP contribution in [0.25, 0.3) is 0 Å². The standard InChI is InChI=1S/C14H8BCl3O2.C2H7P/c15-12(8-3-1-4-9(16)7-8)14(19)20-13-10(17)5-2-6-11(13)18;1-3-2/h1-7,12H;3H,1-2H3. The van der Waals surface area contributed by atoms with Gasteiger partial charge in [-0.15, -0.1) is 8.58 Å². The average Bonchev–Trinajstić information content (AvgIpc) is 2.51. The van der Waals surface area contributed by atoms with Gasteiger partial charge in [-0.05, 0) is 43.2 Å². The van der Waals surface area contributed by atoms with Crippen LogP contribution in [0.4, 0.5) is 0 Å². The molecule has 2 aromatic carbocycles. The fraction of sp³-hybridized carbons (Fsp3) is 0.188. The van der Waals surface area contributed by atoms with Gasteiger partial charge in [0.05, 0.1) is 17.9 Å².